The van der Waals surface area contributed by atoms with Gasteiger partial charge in [-0.05, 0) is 32.0 Å². The standard InChI is InChI=1S/C14H20N2O5/c1-14(2,20)8-16(3)13(19)15-11-6-5-9(21-4)7-10(11)12(17)18/h5-7,20H,8H2,1-4H3,(H,15,19)(H,17,18). The first-order chi connectivity index (χ1) is 9.64. The normalized spacial score (nSPS) is 10.9. The molecule has 0 saturated heterocycles. The van der Waals surface area contributed by atoms with Crippen LogP contribution in [-0.2, 0) is 0 Å². The molecule has 0 heterocycles. The molecule has 21 heavy (non-hydrogen) atoms. The Kier molecular flexibility index (Phi) is 5.15. The molecule has 3 N–H and O–H groups in total. The number of hydrogen-bond donors (Lipinski definition) is 3. The molecule has 1 rings (SSSR count). The van der Waals surface area contributed by atoms with Crippen LogP contribution in [0.3, 0.4) is 0 Å². The van der Waals surface area contributed by atoms with Crippen LogP contribution in [0.2, 0.25) is 0 Å². The first-order valence-corrected chi connectivity index (χ1v) is 6.30. The number of carbonyl (C=O) groups excluding carboxylic acids is 1. The fourth-order valence-corrected chi connectivity index (χ4v) is 1.80. The summed E-state index contributed by atoms with van der Waals surface area (Å²) in [6, 6.07) is 3.83. The molecule has 1 aromatic rings. The van der Waals surface area contributed by atoms with Gasteiger partial charge in [0.2, 0.25) is 0 Å². The zero-order chi connectivity index (χ0) is 16.2. The fourth-order valence-electron chi connectivity index (χ4n) is 1.80. The first kappa shape index (κ1) is 16.8. The number of carboxylic acids is 1. The number of carboxylic acid groups (broad SMARTS) is 1. The van der Waals surface area contributed by atoms with Gasteiger partial charge in [-0.1, -0.05) is 0 Å². The smallest absolute Gasteiger partial charge is 0.337 e. The van der Waals surface area contributed by atoms with Crippen LogP contribution in [0.1, 0.15) is 24.2 Å². The second-order valence-electron chi connectivity index (χ2n) is 5.32. The molecule has 2 amide bonds. The molecule has 116 valence electrons. The van der Waals surface area contributed by atoms with Gasteiger partial charge in [0.25, 0.3) is 0 Å². The van der Waals surface area contributed by atoms with Crippen LogP contribution in [0.15, 0.2) is 18.2 Å². The third-order valence-electron chi connectivity index (χ3n) is 2.67. The molecule has 7 heteroatoms. The second-order valence-corrected chi connectivity index (χ2v) is 5.32. The maximum absolute atomic E-state index is 12.0. The Hall–Kier alpha value is -2.28. The monoisotopic (exact) mass is 296 g/mol. The van der Waals surface area contributed by atoms with E-state index >= 15 is 0 Å². The lowest BCUT2D eigenvalue weighted by Gasteiger charge is -2.26. The number of nitrogens with one attached hydrogen (secondary N) is 1. The van der Waals surface area contributed by atoms with E-state index in [2.05, 4.69) is 5.32 Å². The lowest BCUT2D eigenvalue weighted by Crippen LogP contribution is -2.41. The van der Waals surface area contributed by atoms with Crippen molar-refractivity contribution in [2.45, 2.75) is 19.4 Å². The minimum atomic E-state index is -1.17. The van der Waals surface area contributed by atoms with Gasteiger partial charge in [0.05, 0.1) is 30.5 Å². The van der Waals surface area contributed by atoms with Crippen LogP contribution in [0, 0.1) is 0 Å². The fraction of sp³-hybridized carbons (Fsp3) is 0.429. The Labute approximate surface area is 123 Å². The Morgan fingerprint density at radius 2 is 2.00 bits per heavy atom. The van der Waals surface area contributed by atoms with Crippen LogP contribution in [0.5, 0.6) is 5.75 Å². The van der Waals surface area contributed by atoms with Gasteiger partial charge in [0.15, 0.2) is 0 Å². The van der Waals surface area contributed by atoms with Crippen molar-refractivity contribution in [3.63, 3.8) is 0 Å². The number of benzene rings is 1. The number of aromatic carboxylic acids is 1. The lowest BCUT2D eigenvalue weighted by molar-refractivity contribution is 0.0550. The number of hydrogen-bond acceptors (Lipinski definition) is 4. The second kappa shape index (κ2) is 6.45. The van der Waals surface area contributed by atoms with E-state index in [4.69, 9.17) is 9.84 Å². The largest absolute Gasteiger partial charge is 0.497 e. The quantitative estimate of drug-likeness (QED) is 0.767. The van der Waals surface area contributed by atoms with Crippen molar-refractivity contribution in [2.75, 3.05) is 26.0 Å². The van der Waals surface area contributed by atoms with Gasteiger partial charge in [0, 0.05) is 7.05 Å². The summed E-state index contributed by atoms with van der Waals surface area (Å²) in [5.41, 5.74) is -0.947. The molecule has 7 nitrogen and oxygen atoms in total. The number of carbonyl (C=O) groups is 2. The van der Waals surface area contributed by atoms with Gasteiger partial charge in [-0.15, -0.1) is 0 Å². The van der Waals surface area contributed by atoms with E-state index in [0.717, 1.165) is 0 Å². The molecular weight excluding hydrogens is 276 g/mol. The molecule has 1 aromatic carbocycles. The van der Waals surface area contributed by atoms with Gasteiger partial charge >= 0.3 is 12.0 Å². The minimum absolute atomic E-state index is 0.0700. The van der Waals surface area contributed by atoms with Crippen molar-refractivity contribution in [3.05, 3.63) is 23.8 Å². The van der Waals surface area contributed by atoms with Crippen molar-refractivity contribution in [1.29, 1.82) is 0 Å². The van der Waals surface area contributed by atoms with Crippen molar-refractivity contribution < 1.29 is 24.5 Å². The highest BCUT2D eigenvalue weighted by Crippen LogP contribution is 2.22. The zero-order valence-corrected chi connectivity index (χ0v) is 12.5. The molecule has 0 radical (unpaired) electrons. The maximum Gasteiger partial charge on any atom is 0.337 e. The summed E-state index contributed by atoms with van der Waals surface area (Å²) in [4.78, 5) is 24.5. The predicted molar refractivity (Wildman–Crippen MR) is 77.9 cm³/mol. The molecule has 0 spiro atoms. The first-order valence-electron chi connectivity index (χ1n) is 6.30. The van der Waals surface area contributed by atoms with Gasteiger partial charge in [-0.2, -0.15) is 0 Å². The molecule has 0 atom stereocenters. The Morgan fingerprint density at radius 3 is 2.48 bits per heavy atom. The van der Waals surface area contributed by atoms with Crippen molar-refractivity contribution in [2.24, 2.45) is 0 Å². The number of anilines is 1. The third kappa shape index (κ3) is 4.96. The van der Waals surface area contributed by atoms with E-state index in [9.17, 15) is 14.7 Å². The molecule has 0 bridgehead atoms. The molecular formula is C14H20N2O5. The summed E-state index contributed by atoms with van der Waals surface area (Å²) < 4.78 is 4.96. The van der Waals surface area contributed by atoms with Gasteiger partial charge in [-0.3, -0.25) is 0 Å². The van der Waals surface area contributed by atoms with E-state index < -0.39 is 17.6 Å². The Balaban J connectivity index is 2.92. The number of aliphatic hydroxyl groups is 1. The number of nitrogens with zero attached hydrogens (tertiary/aromatic N) is 1. The highest BCUT2D eigenvalue weighted by Gasteiger charge is 2.21. The number of amides is 2. The topological polar surface area (TPSA) is 99.1 Å². The highest BCUT2D eigenvalue weighted by atomic mass is 16.5. The zero-order valence-electron chi connectivity index (χ0n) is 12.5. The van der Waals surface area contributed by atoms with Crippen LogP contribution in [0.25, 0.3) is 0 Å². The average molecular weight is 296 g/mol. The van der Waals surface area contributed by atoms with E-state index in [-0.39, 0.29) is 17.8 Å². The van der Waals surface area contributed by atoms with E-state index in [1.165, 1.54) is 31.2 Å². The van der Waals surface area contributed by atoms with Crippen LogP contribution < -0.4 is 10.1 Å². The van der Waals surface area contributed by atoms with Crippen molar-refractivity contribution >= 4 is 17.7 Å². The van der Waals surface area contributed by atoms with Crippen LogP contribution >= 0.6 is 0 Å². The number of urea groups is 1. The molecule has 0 aliphatic heterocycles. The van der Waals surface area contributed by atoms with E-state index in [1.807, 2.05) is 0 Å². The molecule has 0 aliphatic rings. The van der Waals surface area contributed by atoms with Crippen molar-refractivity contribution in [1.82, 2.24) is 4.90 Å². The lowest BCUT2D eigenvalue weighted by atomic mass is 10.1. The van der Waals surface area contributed by atoms with E-state index in [0.29, 0.717) is 5.75 Å². The van der Waals surface area contributed by atoms with Gasteiger partial charge in [-0.25, -0.2) is 9.59 Å². The highest BCUT2D eigenvalue weighted by molar-refractivity contribution is 6.00. The predicted octanol–water partition coefficient (Wildman–Crippen LogP) is 1.63. The average Bonchev–Trinajstić information content (AvgIpc) is 2.36. The Bertz CT molecular complexity index is 537. The number of methoxy groups -OCH3 is 1. The third-order valence-corrected chi connectivity index (χ3v) is 2.67. The maximum atomic E-state index is 12.0. The van der Waals surface area contributed by atoms with Crippen LogP contribution in [0.4, 0.5) is 10.5 Å². The summed E-state index contributed by atoms with van der Waals surface area (Å²) in [7, 11) is 2.94. The number of ether oxygens (including phenoxy) is 1. The summed E-state index contributed by atoms with van der Waals surface area (Å²) >= 11 is 0. The molecule has 0 saturated carbocycles. The molecule has 0 aromatic heterocycles. The van der Waals surface area contributed by atoms with Gasteiger partial charge < -0.3 is 25.2 Å². The summed E-state index contributed by atoms with van der Waals surface area (Å²) in [6.07, 6.45) is 0. The summed E-state index contributed by atoms with van der Waals surface area (Å²) in [6.45, 7) is 3.26. The van der Waals surface area contributed by atoms with Crippen molar-refractivity contribution in [3.8, 4) is 5.75 Å². The Morgan fingerprint density at radius 1 is 1.38 bits per heavy atom. The molecule has 0 fully saturated rings. The van der Waals surface area contributed by atoms with Gasteiger partial charge in [0.1, 0.15) is 5.75 Å². The number of rotatable bonds is 5. The summed E-state index contributed by atoms with van der Waals surface area (Å²) in [5.74, 6) is -0.787. The SMILES string of the molecule is COc1ccc(NC(=O)N(C)CC(C)(C)O)c(C(=O)O)c1. The van der Waals surface area contributed by atoms with Crippen LogP contribution in [-0.4, -0.2) is 53.4 Å². The minimum Gasteiger partial charge on any atom is -0.497 e. The summed E-state index contributed by atoms with van der Waals surface area (Å²) in [5, 5.41) is 21.3. The van der Waals surface area contributed by atoms with E-state index in [1.54, 1.807) is 19.9 Å². The molecule has 0 aliphatic carbocycles. The number of likely N-dealkylation sites (N-methyl/N-ethyl adjacent to an activating group) is 1. The molecule has 0 unspecified atom stereocenters.